The molecule has 1 aliphatic heterocycles. The molecule has 1 saturated heterocycles. The molecule has 0 radical (unpaired) electrons. The minimum Gasteiger partial charge on any atom is -0.383 e. The average molecular weight is 377 g/mol. The molecule has 1 aromatic carbocycles. The summed E-state index contributed by atoms with van der Waals surface area (Å²) in [5, 5.41) is 0. The number of hydrogen-bond donors (Lipinski definition) is 1. The summed E-state index contributed by atoms with van der Waals surface area (Å²) >= 11 is 0. The molecular formula is C15H24N2O5S2. The van der Waals surface area contributed by atoms with E-state index in [-0.39, 0.29) is 23.8 Å². The van der Waals surface area contributed by atoms with Crippen LogP contribution in [0.4, 0.5) is 5.69 Å². The van der Waals surface area contributed by atoms with Gasteiger partial charge in [0.05, 0.1) is 22.9 Å². The summed E-state index contributed by atoms with van der Waals surface area (Å²) < 4.78 is 58.1. The van der Waals surface area contributed by atoms with Gasteiger partial charge >= 0.3 is 0 Å². The first-order chi connectivity index (χ1) is 11.2. The number of nitrogens with one attached hydrogen (secondary N) is 1. The Labute approximate surface area is 144 Å². The number of benzene rings is 1. The van der Waals surface area contributed by atoms with Gasteiger partial charge < -0.3 is 4.74 Å². The van der Waals surface area contributed by atoms with E-state index in [1.807, 2.05) is 0 Å². The number of nitrogens with zero attached hydrogens (tertiary/aromatic N) is 1. The van der Waals surface area contributed by atoms with Crippen LogP contribution in [0.25, 0.3) is 0 Å². The summed E-state index contributed by atoms with van der Waals surface area (Å²) in [4.78, 5) is 0.191. The zero-order valence-corrected chi connectivity index (χ0v) is 15.8. The Kier molecular flexibility index (Phi) is 5.90. The highest BCUT2D eigenvalue weighted by Gasteiger charge is 2.28. The molecule has 136 valence electrons. The molecule has 0 amide bonds. The van der Waals surface area contributed by atoms with Crippen LogP contribution in [0.3, 0.4) is 0 Å². The Morgan fingerprint density at radius 3 is 2.38 bits per heavy atom. The quantitative estimate of drug-likeness (QED) is 0.752. The van der Waals surface area contributed by atoms with Gasteiger partial charge in [0.2, 0.25) is 20.0 Å². The van der Waals surface area contributed by atoms with Crippen molar-refractivity contribution in [3.63, 3.8) is 0 Å². The lowest BCUT2D eigenvalue weighted by Crippen LogP contribution is -2.38. The zero-order valence-electron chi connectivity index (χ0n) is 14.2. The average Bonchev–Trinajstić information content (AvgIpc) is 2.45. The molecule has 0 bridgehead atoms. The van der Waals surface area contributed by atoms with Crippen molar-refractivity contribution < 1.29 is 21.6 Å². The van der Waals surface area contributed by atoms with Gasteiger partial charge in [0.15, 0.2) is 0 Å². The van der Waals surface area contributed by atoms with Gasteiger partial charge in [-0.3, -0.25) is 4.31 Å². The number of methoxy groups -OCH3 is 1. The molecule has 1 aliphatic rings. The second-order valence-corrected chi connectivity index (χ2v) is 9.61. The van der Waals surface area contributed by atoms with Gasteiger partial charge in [-0.05, 0) is 49.9 Å². The van der Waals surface area contributed by atoms with Crippen LogP contribution < -0.4 is 9.03 Å². The lowest BCUT2D eigenvalue weighted by Gasteiger charge is -2.29. The minimum atomic E-state index is -3.67. The molecule has 7 nitrogen and oxygen atoms in total. The maximum atomic E-state index is 12.5. The molecule has 1 N–H and O–H groups in total. The van der Waals surface area contributed by atoms with E-state index in [4.69, 9.17) is 4.74 Å². The first-order valence-electron chi connectivity index (χ1n) is 7.79. The monoisotopic (exact) mass is 376 g/mol. The van der Waals surface area contributed by atoms with Gasteiger partial charge in [-0.25, -0.2) is 21.6 Å². The van der Waals surface area contributed by atoms with E-state index in [1.165, 1.54) is 11.4 Å². The molecule has 0 aromatic heterocycles. The number of rotatable bonds is 6. The van der Waals surface area contributed by atoms with Crippen LogP contribution in [0.1, 0.15) is 24.0 Å². The standard InChI is InChI=1S/C15H24N2O5S2/c1-12-10-14(17-7-4-5-9-23(17,18)19)11-13(2)15(12)24(20,21)16-6-8-22-3/h10-11,16H,4-9H2,1-3H3. The van der Waals surface area contributed by atoms with Crippen molar-refractivity contribution in [2.24, 2.45) is 0 Å². The molecule has 0 saturated carbocycles. The Morgan fingerprint density at radius 1 is 1.21 bits per heavy atom. The van der Waals surface area contributed by atoms with Crippen LogP contribution in [0.15, 0.2) is 17.0 Å². The molecular weight excluding hydrogens is 352 g/mol. The van der Waals surface area contributed by atoms with Gasteiger partial charge in [-0.2, -0.15) is 0 Å². The third-order valence-electron chi connectivity index (χ3n) is 3.95. The number of ether oxygens (including phenoxy) is 1. The number of sulfonamides is 2. The topological polar surface area (TPSA) is 92.8 Å². The van der Waals surface area contributed by atoms with E-state index in [2.05, 4.69) is 4.72 Å². The fraction of sp³-hybridized carbons (Fsp3) is 0.600. The highest BCUT2D eigenvalue weighted by Crippen LogP contribution is 2.30. The lowest BCUT2D eigenvalue weighted by atomic mass is 10.1. The number of aryl methyl sites for hydroxylation is 2. The van der Waals surface area contributed by atoms with E-state index in [1.54, 1.807) is 26.0 Å². The molecule has 0 unspecified atom stereocenters. The second kappa shape index (κ2) is 7.38. The fourth-order valence-corrected chi connectivity index (χ4v) is 6.01. The summed E-state index contributed by atoms with van der Waals surface area (Å²) in [5.74, 6) is 0.129. The summed E-state index contributed by atoms with van der Waals surface area (Å²) in [6, 6.07) is 3.25. The molecule has 0 spiro atoms. The van der Waals surface area contributed by atoms with E-state index in [0.29, 0.717) is 29.8 Å². The molecule has 1 heterocycles. The largest absolute Gasteiger partial charge is 0.383 e. The second-order valence-electron chi connectivity index (χ2n) is 5.89. The summed E-state index contributed by atoms with van der Waals surface area (Å²) in [5.41, 5.74) is 1.58. The predicted octanol–water partition coefficient (Wildman–Crippen LogP) is 1.16. The Balaban J connectivity index is 2.38. The summed E-state index contributed by atoms with van der Waals surface area (Å²) in [6.07, 6.45) is 1.46. The smallest absolute Gasteiger partial charge is 0.241 e. The Bertz CT molecular complexity index is 780. The van der Waals surface area contributed by atoms with Crippen LogP contribution in [-0.4, -0.2) is 49.4 Å². The van der Waals surface area contributed by atoms with Crippen LogP contribution >= 0.6 is 0 Å². The third-order valence-corrected chi connectivity index (χ3v) is 7.58. The zero-order chi connectivity index (χ0) is 18.0. The Hall–Kier alpha value is -1.16. The predicted molar refractivity (Wildman–Crippen MR) is 93.3 cm³/mol. The van der Waals surface area contributed by atoms with Crippen molar-refractivity contribution in [3.8, 4) is 0 Å². The van der Waals surface area contributed by atoms with Gasteiger partial charge in [-0.15, -0.1) is 0 Å². The molecule has 0 atom stereocenters. The lowest BCUT2D eigenvalue weighted by molar-refractivity contribution is 0.204. The van der Waals surface area contributed by atoms with Crippen molar-refractivity contribution in [2.45, 2.75) is 31.6 Å². The van der Waals surface area contributed by atoms with Gasteiger partial charge in [-0.1, -0.05) is 0 Å². The third kappa shape index (κ3) is 4.08. The first-order valence-corrected chi connectivity index (χ1v) is 10.9. The number of hydrogen-bond acceptors (Lipinski definition) is 5. The molecule has 0 aliphatic carbocycles. The molecule has 9 heteroatoms. The number of anilines is 1. The minimum absolute atomic E-state index is 0.129. The van der Waals surface area contributed by atoms with Gasteiger partial charge in [0.25, 0.3) is 0 Å². The summed E-state index contributed by atoms with van der Waals surface area (Å²) in [6.45, 7) is 4.25. The molecule has 1 aromatic rings. The maximum absolute atomic E-state index is 12.5. The van der Waals surface area contributed by atoms with Crippen LogP contribution in [0.2, 0.25) is 0 Å². The summed E-state index contributed by atoms with van der Waals surface area (Å²) in [7, 11) is -5.49. The van der Waals surface area contributed by atoms with E-state index in [0.717, 1.165) is 6.42 Å². The highest BCUT2D eigenvalue weighted by atomic mass is 32.2. The normalized spacial score (nSPS) is 17.9. The Morgan fingerprint density at radius 2 is 1.83 bits per heavy atom. The van der Waals surface area contributed by atoms with E-state index < -0.39 is 20.0 Å². The van der Waals surface area contributed by atoms with Gasteiger partial charge in [0, 0.05) is 20.2 Å². The van der Waals surface area contributed by atoms with E-state index in [9.17, 15) is 16.8 Å². The SMILES string of the molecule is COCCNS(=O)(=O)c1c(C)cc(N2CCCCS2(=O)=O)cc1C. The van der Waals surface area contributed by atoms with Crippen molar-refractivity contribution in [3.05, 3.63) is 23.3 Å². The van der Waals surface area contributed by atoms with Crippen LogP contribution in [0, 0.1) is 13.8 Å². The van der Waals surface area contributed by atoms with Crippen molar-refractivity contribution >= 4 is 25.7 Å². The maximum Gasteiger partial charge on any atom is 0.241 e. The van der Waals surface area contributed by atoms with E-state index >= 15 is 0 Å². The first kappa shape index (κ1) is 19.2. The highest BCUT2D eigenvalue weighted by molar-refractivity contribution is 7.92. The van der Waals surface area contributed by atoms with Crippen LogP contribution in [-0.2, 0) is 24.8 Å². The molecule has 2 rings (SSSR count). The molecule has 1 fully saturated rings. The van der Waals surface area contributed by atoms with Crippen molar-refractivity contribution in [1.29, 1.82) is 0 Å². The van der Waals surface area contributed by atoms with Crippen molar-refractivity contribution in [2.75, 3.05) is 36.9 Å². The molecule has 24 heavy (non-hydrogen) atoms. The van der Waals surface area contributed by atoms with Gasteiger partial charge in [0.1, 0.15) is 0 Å². The fourth-order valence-electron chi connectivity index (χ4n) is 2.92. The van der Waals surface area contributed by atoms with Crippen LogP contribution in [0.5, 0.6) is 0 Å². The van der Waals surface area contributed by atoms with Crippen molar-refractivity contribution in [1.82, 2.24) is 4.72 Å².